The lowest BCUT2D eigenvalue weighted by Gasteiger charge is -2.23. The normalized spacial score (nSPS) is 27.2. The molecule has 0 saturated carbocycles. The minimum atomic E-state index is 0.803. The fourth-order valence-corrected chi connectivity index (χ4v) is 3.91. The molecule has 2 nitrogen and oxygen atoms in total. The largest absolute Gasteiger partial charge is 0.381 e. The van der Waals surface area contributed by atoms with E-state index < -0.39 is 0 Å². The summed E-state index contributed by atoms with van der Waals surface area (Å²) in [7, 11) is 0. The predicted molar refractivity (Wildman–Crippen MR) is 75.7 cm³/mol. The second-order valence-corrected chi connectivity index (χ2v) is 6.57. The van der Waals surface area contributed by atoms with Crippen LogP contribution < -0.4 is 5.32 Å². The summed E-state index contributed by atoms with van der Waals surface area (Å²) in [5, 5.41) is 3.71. The van der Waals surface area contributed by atoms with Crippen LogP contribution in [0.5, 0.6) is 0 Å². The molecule has 0 aromatic rings. The SMILES string of the molecule is C(CCC1CCOCC1)CNC1CCCSC1. The monoisotopic (exact) mass is 257 g/mol. The van der Waals surface area contributed by atoms with Crippen LogP contribution in [0.3, 0.4) is 0 Å². The quantitative estimate of drug-likeness (QED) is 0.739. The Hall–Kier alpha value is 0.270. The first-order valence-corrected chi connectivity index (χ1v) is 8.49. The average molecular weight is 257 g/mol. The maximum absolute atomic E-state index is 5.39. The molecule has 2 saturated heterocycles. The molecule has 0 amide bonds. The van der Waals surface area contributed by atoms with Crippen molar-refractivity contribution < 1.29 is 4.74 Å². The van der Waals surface area contributed by atoms with Crippen LogP contribution in [0, 0.1) is 5.92 Å². The predicted octanol–water partition coefficient (Wildman–Crippen LogP) is 3.07. The Balaban J connectivity index is 1.42. The van der Waals surface area contributed by atoms with Crippen molar-refractivity contribution in [1.82, 2.24) is 5.32 Å². The summed E-state index contributed by atoms with van der Waals surface area (Å²) < 4.78 is 5.39. The van der Waals surface area contributed by atoms with E-state index in [1.807, 2.05) is 0 Å². The number of ether oxygens (including phenoxy) is 1. The van der Waals surface area contributed by atoms with Crippen LogP contribution in [-0.2, 0) is 4.74 Å². The molecule has 0 bridgehead atoms. The van der Waals surface area contributed by atoms with Gasteiger partial charge in [-0.15, -0.1) is 0 Å². The summed E-state index contributed by atoms with van der Waals surface area (Å²) in [6.45, 7) is 3.23. The highest BCUT2D eigenvalue weighted by Gasteiger charge is 2.14. The Bertz CT molecular complexity index is 169. The standard InChI is InChI=1S/C14H27NOS/c1(4-13-6-9-16-10-7-13)2-8-15-14-5-3-11-17-12-14/h13-15H,1-12H2. The fraction of sp³-hybridized carbons (Fsp3) is 1.00. The molecule has 1 unspecified atom stereocenters. The van der Waals surface area contributed by atoms with Crippen molar-refractivity contribution >= 4 is 11.8 Å². The summed E-state index contributed by atoms with van der Waals surface area (Å²) in [5.41, 5.74) is 0. The molecule has 17 heavy (non-hydrogen) atoms. The highest BCUT2D eigenvalue weighted by molar-refractivity contribution is 7.99. The molecule has 2 aliphatic heterocycles. The summed E-state index contributed by atoms with van der Waals surface area (Å²) in [5.74, 6) is 3.66. The smallest absolute Gasteiger partial charge is 0.0468 e. The maximum Gasteiger partial charge on any atom is 0.0468 e. The second kappa shape index (κ2) is 8.39. The topological polar surface area (TPSA) is 21.3 Å². The van der Waals surface area contributed by atoms with E-state index in [1.165, 1.54) is 63.0 Å². The first-order valence-electron chi connectivity index (χ1n) is 7.34. The van der Waals surface area contributed by atoms with Crippen LogP contribution in [0.15, 0.2) is 0 Å². The molecule has 3 heteroatoms. The van der Waals surface area contributed by atoms with E-state index in [-0.39, 0.29) is 0 Å². The van der Waals surface area contributed by atoms with Crippen LogP contribution >= 0.6 is 11.8 Å². The molecular weight excluding hydrogens is 230 g/mol. The third kappa shape index (κ3) is 5.62. The van der Waals surface area contributed by atoms with Crippen LogP contribution in [0.2, 0.25) is 0 Å². The van der Waals surface area contributed by atoms with E-state index in [4.69, 9.17) is 4.74 Å². The molecule has 2 heterocycles. The zero-order chi connectivity index (χ0) is 11.8. The average Bonchev–Trinajstić information content (AvgIpc) is 2.41. The van der Waals surface area contributed by atoms with Gasteiger partial charge in [0.2, 0.25) is 0 Å². The Labute approximate surface area is 110 Å². The Morgan fingerprint density at radius 3 is 2.76 bits per heavy atom. The number of hydrogen-bond acceptors (Lipinski definition) is 3. The van der Waals surface area contributed by atoms with Gasteiger partial charge in [0.15, 0.2) is 0 Å². The van der Waals surface area contributed by atoms with E-state index in [0.29, 0.717) is 0 Å². The van der Waals surface area contributed by atoms with Gasteiger partial charge in [-0.25, -0.2) is 0 Å². The highest BCUT2D eigenvalue weighted by atomic mass is 32.2. The van der Waals surface area contributed by atoms with E-state index in [9.17, 15) is 0 Å². The van der Waals surface area contributed by atoms with Gasteiger partial charge in [0.25, 0.3) is 0 Å². The van der Waals surface area contributed by atoms with Crippen molar-refractivity contribution in [3.8, 4) is 0 Å². The van der Waals surface area contributed by atoms with Gasteiger partial charge in [-0.3, -0.25) is 0 Å². The minimum absolute atomic E-state index is 0.803. The van der Waals surface area contributed by atoms with Crippen molar-refractivity contribution in [2.24, 2.45) is 5.92 Å². The molecular formula is C14H27NOS. The molecule has 0 spiro atoms. The van der Waals surface area contributed by atoms with Gasteiger partial charge in [-0.1, -0.05) is 12.8 Å². The Kier molecular flexibility index (Phi) is 6.76. The van der Waals surface area contributed by atoms with Crippen molar-refractivity contribution in [2.75, 3.05) is 31.3 Å². The van der Waals surface area contributed by atoms with Gasteiger partial charge in [0, 0.05) is 25.0 Å². The van der Waals surface area contributed by atoms with Gasteiger partial charge in [-0.05, 0) is 50.3 Å². The van der Waals surface area contributed by atoms with Crippen molar-refractivity contribution in [1.29, 1.82) is 0 Å². The Morgan fingerprint density at radius 2 is 2.00 bits per heavy atom. The molecule has 0 aromatic heterocycles. The number of unbranched alkanes of at least 4 members (excludes halogenated alkanes) is 1. The van der Waals surface area contributed by atoms with E-state index in [2.05, 4.69) is 17.1 Å². The lowest BCUT2D eigenvalue weighted by molar-refractivity contribution is 0.0631. The number of nitrogens with one attached hydrogen (secondary N) is 1. The van der Waals surface area contributed by atoms with E-state index in [0.717, 1.165) is 25.2 Å². The summed E-state index contributed by atoms with van der Waals surface area (Å²) in [6, 6.07) is 0.803. The van der Waals surface area contributed by atoms with Crippen LogP contribution in [-0.4, -0.2) is 37.3 Å². The molecule has 0 aromatic carbocycles. The molecule has 2 rings (SSSR count). The highest BCUT2D eigenvalue weighted by Crippen LogP contribution is 2.21. The molecule has 1 atom stereocenters. The Morgan fingerprint density at radius 1 is 1.12 bits per heavy atom. The number of thioether (sulfide) groups is 1. The number of rotatable bonds is 6. The van der Waals surface area contributed by atoms with Crippen LogP contribution in [0.25, 0.3) is 0 Å². The van der Waals surface area contributed by atoms with Crippen molar-refractivity contribution in [3.05, 3.63) is 0 Å². The van der Waals surface area contributed by atoms with Crippen molar-refractivity contribution in [3.63, 3.8) is 0 Å². The van der Waals surface area contributed by atoms with Crippen molar-refractivity contribution in [2.45, 2.75) is 51.0 Å². The van der Waals surface area contributed by atoms with Gasteiger partial charge in [0.1, 0.15) is 0 Å². The van der Waals surface area contributed by atoms with Gasteiger partial charge in [-0.2, -0.15) is 11.8 Å². The fourth-order valence-electron chi connectivity index (χ4n) is 2.80. The van der Waals surface area contributed by atoms with Gasteiger partial charge in [0.05, 0.1) is 0 Å². The third-order valence-electron chi connectivity index (χ3n) is 3.97. The minimum Gasteiger partial charge on any atom is -0.381 e. The zero-order valence-electron chi connectivity index (χ0n) is 11.0. The van der Waals surface area contributed by atoms with Gasteiger partial charge < -0.3 is 10.1 Å². The first-order chi connectivity index (χ1) is 8.45. The number of hydrogen-bond donors (Lipinski definition) is 1. The lowest BCUT2D eigenvalue weighted by Crippen LogP contribution is -2.34. The zero-order valence-corrected chi connectivity index (χ0v) is 11.8. The van der Waals surface area contributed by atoms with E-state index >= 15 is 0 Å². The second-order valence-electron chi connectivity index (χ2n) is 5.42. The van der Waals surface area contributed by atoms with E-state index in [1.54, 1.807) is 0 Å². The summed E-state index contributed by atoms with van der Waals surface area (Å²) >= 11 is 2.11. The third-order valence-corrected chi connectivity index (χ3v) is 5.19. The molecule has 1 N–H and O–H groups in total. The molecule has 2 fully saturated rings. The summed E-state index contributed by atoms with van der Waals surface area (Å²) in [6.07, 6.45) is 9.58. The van der Waals surface area contributed by atoms with Gasteiger partial charge >= 0.3 is 0 Å². The first kappa shape index (κ1) is 13.7. The summed E-state index contributed by atoms with van der Waals surface area (Å²) in [4.78, 5) is 0. The molecule has 100 valence electrons. The maximum atomic E-state index is 5.39. The molecule has 2 aliphatic rings. The molecule has 0 radical (unpaired) electrons. The molecule has 0 aliphatic carbocycles. The van der Waals surface area contributed by atoms with Crippen LogP contribution in [0.1, 0.15) is 44.9 Å². The lowest BCUT2D eigenvalue weighted by atomic mass is 9.94. The van der Waals surface area contributed by atoms with Crippen LogP contribution in [0.4, 0.5) is 0 Å².